The smallest absolute Gasteiger partial charge is 0.335 e. The summed E-state index contributed by atoms with van der Waals surface area (Å²) in [7, 11) is 7.02. The standard InChI is InChI=1S/2C5H12N4.C4H6O6/c2*1-9(2)5(8)3-4(6)7;5-1(3(7)8)2(6)4(9)10/h2*8H,3H2,1-2H3,(H3,6,7);1-2,5-6H,(H,7,8)(H,9,10). The average Bonchev–Trinajstić information content (AvgIpc) is 2.52. The number of hydrogen-bond donors (Lipinski definition) is 10. The van der Waals surface area contributed by atoms with Crippen LogP contribution in [0.2, 0.25) is 0 Å². The monoisotopic (exact) mass is 406 g/mol. The van der Waals surface area contributed by atoms with Crippen LogP contribution in [0, 0.1) is 21.6 Å². The molecule has 0 aliphatic heterocycles. The summed E-state index contributed by atoms with van der Waals surface area (Å²) in [6.07, 6.45) is -4.05. The largest absolute Gasteiger partial charge is 0.479 e. The third-order valence-electron chi connectivity index (χ3n) is 2.60. The molecule has 0 aliphatic carbocycles. The van der Waals surface area contributed by atoms with Crippen molar-refractivity contribution in [3.63, 3.8) is 0 Å². The Kier molecular flexibility index (Phi) is 15.7. The van der Waals surface area contributed by atoms with E-state index in [0.29, 0.717) is 11.7 Å². The van der Waals surface area contributed by atoms with E-state index in [4.69, 9.17) is 53.5 Å². The van der Waals surface area contributed by atoms with Gasteiger partial charge in [0.05, 0.1) is 24.5 Å². The van der Waals surface area contributed by atoms with E-state index >= 15 is 0 Å². The SMILES string of the molecule is CN(C)C(=N)CC(=N)N.CN(C)C(=N)CC(=N)N.O=C(O)C(O)C(O)C(=O)O. The van der Waals surface area contributed by atoms with Gasteiger partial charge in [-0.3, -0.25) is 21.6 Å². The minimum absolute atomic E-state index is 0.0358. The van der Waals surface area contributed by atoms with Gasteiger partial charge < -0.3 is 41.7 Å². The van der Waals surface area contributed by atoms with Gasteiger partial charge in [0.15, 0.2) is 12.2 Å². The van der Waals surface area contributed by atoms with E-state index in [2.05, 4.69) is 0 Å². The maximum Gasteiger partial charge on any atom is 0.335 e. The summed E-state index contributed by atoms with van der Waals surface area (Å²) in [5, 5.41) is 60.5. The number of aliphatic hydroxyl groups excluding tert-OH is 2. The predicted octanol–water partition coefficient (Wildman–Crippen LogP) is -2.42. The van der Waals surface area contributed by atoms with Gasteiger partial charge in [0.2, 0.25) is 0 Å². The molecule has 0 aromatic heterocycles. The van der Waals surface area contributed by atoms with Crippen molar-refractivity contribution in [3.05, 3.63) is 0 Å². The molecule has 14 heteroatoms. The van der Waals surface area contributed by atoms with Crippen LogP contribution in [0.1, 0.15) is 12.8 Å². The highest BCUT2D eigenvalue weighted by Crippen LogP contribution is 1.92. The van der Waals surface area contributed by atoms with Crippen LogP contribution in [0.15, 0.2) is 0 Å². The number of nitrogens with one attached hydrogen (secondary N) is 4. The second-order valence-corrected chi connectivity index (χ2v) is 5.65. The summed E-state index contributed by atoms with van der Waals surface area (Å²) in [5.74, 6) is -2.74. The Balaban J connectivity index is -0.000000336. The number of rotatable bonds is 7. The number of nitrogens with two attached hydrogens (primary N) is 2. The topological polar surface area (TPSA) is 269 Å². The van der Waals surface area contributed by atoms with E-state index < -0.39 is 24.1 Å². The average molecular weight is 406 g/mol. The molecular weight excluding hydrogens is 376 g/mol. The van der Waals surface area contributed by atoms with Crippen molar-refractivity contribution in [2.45, 2.75) is 25.0 Å². The Morgan fingerprint density at radius 1 is 0.750 bits per heavy atom. The molecular formula is C14H30N8O6. The van der Waals surface area contributed by atoms with Gasteiger partial charge in [-0.25, -0.2) is 9.59 Å². The Morgan fingerprint density at radius 2 is 0.964 bits per heavy atom. The second-order valence-electron chi connectivity index (χ2n) is 5.65. The van der Waals surface area contributed by atoms with Crippen molar-refractivity contribution in [2.75, 3.05) is 28.2 Å². The maximum atomic E-state index is 9.77. The van der Waals surface area contributed by atoms with Crippen molar-refractivity contribution in [1.82, 2.24) is 9.80 Å². The zero-order valence-corrected chi connectivity index (χ0v) is 16.2. The minimum Gasteiger partial charge on any atom is -0.479 e. The summed E-state index contributed by atoms with van der Waals surface area (Å²) in [6, 6.07) is 0. The molecule has 14 nitrogen and oxygen atoms in total. The van der Waals surface area contributed by atoms with E-state index in [0.717, 1.165) is 0 Å². The molecule has 0 spiro atoms. The number of carboxylic acid groups (broad SMARTS) is 2. The fraction of sp³-hybridized carbons (Fsp3) is 0.571. The summed E-state index contributed by atoms with van der Waals surface area (Å²) in [6.45, 7) is 0. The van der Waals surface area contributed by atoms with Crippen LogP contribution < -0.4 is 11.5 Å². The van der Waals surface area contributed by atoms with Gasteiger partial charge in [-0.2, -0.15) is 0 Å². The van der Waals surface area contributed by atoms with Crippen LogP contribution in [0.3, 0.4) is 0 Å². The molecule has 0 aromatic rings. The summed E-state index contributed by atoms with van der Waals surface area (Å²) in [4.78, 5) is 22.8. The molecule has 0 amide bonds. The molecule has 2 unspecified atom stereocenters. The van der Waals surface area contributed by atoms with Crippen LogP contribution in [0.4, 0.5) is 0 Å². The highest BCUT2D eigenvalue weighted by molar-refractivity contribution is 5.99. The normalized spacial score (nSPS) is 11.2. The first kappa shape index (κ1) is 29.5. The van der Waals surface area contributed by atoms with E-state index in [1.54, 1.807) is 38.0 Å². The number of nitrogens with zero attached hydrogens (tertiary/aromatic N) is 2. The Hall–Kier alpha value is -3.26. The summed E-state index contributed by atoms with van der Waals surface area (Å²) in [5.41, 5.74) is 10.1. The fourth-order valence-corrected chi connectivity index (χ4v) is 0.947. The van der Waals surface area contributed by atoms with E-state index in [9.17, 15) is 9.59 Å². The summed E-state index contributed by atoms with van der Waals surface area (Å²) >= 11 is 0. The van der Waals surface area contributed by atoms with Gasteiger partial charge in [0.25, 0.3) is 0 Å². The van der Waals surface area contributed by atoms with Gasteiger partial charge in [0.1, 0.15) is 11.7 Å². The van der Waals surface area contributed by atoms with Gasteiger partial charge in [-0.15, -0.1) is 0 Å². The molecule has 0 radical (unpaired) electrons. The first-order valence-corrected chi connectivity index (χ1v) is 7.51. The van der Waals surface area contributed by atoms with Crippen molar-refractivity contribution in [2.24, 2.45) is 11.5 Å². The fourth-order valence-electron chi connectivity index (χ4n) is 0.947. The number of aliphatic carboxylic acids is 2. The van der Waals surface area contributed by atoms with E-state index in [1.165, 1.54) is 0 Å². The van der Waals surface area contributed by atoms with Crippen LogP contribution in [-0.4, -0.2) is 106 Å². The molecule has 28 heavy (non-hydrogen) atoms. The predicted molar refractivity (Wildman–Crippen MR) is 103 cm³/mol. The van der Waals surface area contributed by atoms with Crippen molar-refractivity contribution >= 4 is 35.3 Å². The minimum atomic E-state index is -2.27. The lowest BCUT2D eigenvalue weighted by molar-refractivity contribution is -0.165. The zero-order chi connectivity index (χ0) is 23.2. The van der Waals surface area contributed by atoms with Gasteiger partial charge in [0, 0.05) is 28.2 Å². The zero-order valence-electron chi connectivity index (χ0n) is 16.2. The molecule has 0 aromatic carbocycles. The molecule has 0 saturated heterocycles. The maximum absolute atomic E-state index is 9.77. The molecule has 0 saturated carbocycles. The number of carboxylic acids is 2. The molecule has 0 fully saturated rings. The van der Waals surface area contributed by atoms with Crippen LogP contribution in [-0.2, 0) is 9.59 Å². The van der Waals surface area contributed by atoms with Gasteiger partial charge in [-0.05, 0) is 0 Å². The Labute approximate surface area is 162 Å². The number of aliphatic hydroxyl groups is 2. The first-order chi connectivity index (χ1) is 12.5. The molecule has 0 heterocycles. The van der Waals surface area contributed by atoms with Gasteiger partial charge in [-0.1, -0.05) is 0 Å². The second kappa shape index (κ2) is 14.9. The van der Waals surface area contributed by atoms with Crippen LogP contribution >= 0.6 is 0 Å². The summed E-state index contributed by atoms with van der Waals surface area (Å²) < 4.78 is 0. The molecule has 0 aliphatic rings. The lowest BCUT2D eigenvalue weighted by Gasteiger charge is -2.11. The van der Waals surface area contributed by atoms with Gasteiger partial charge >= 0.3 is 11.9 Å². The van der Waals surface area contributed by atoms with Crippen molar-refractivity contribution in [3.8, 4) is 0 Å². The lowest BCUT2D eigenvalue weighted by Crippen LogP contribution is -2.39. The van der Waals surface area contributed by atoms with Crippen molar-refractivity contribution < 1.29 is 30.0 Å². The Bertz CT molecular complexity index is 528. The van der Waals surface area contributed by atoms with E-state index in [1.807, 2.05) is 0 Å². The third kappa shape index (κ3) is 17.6. The highest BCUT2D eigenvalue weighted by atomic mass is 16.4. The lowest BCUT2D eigenvalue weighted by atomic mass is 10.2. The molecule has 162 valence electrons. The van der Waals surface area contributed by atoms with Crippen LogP contribution in [0.5, 0.6) is 0 Å². The Morgan fingerprint density at radius 3 is 1.04 bits per heavy atom. The first-order valence-electron chi connectivity index (χ1n) is 7.51. The van der Waals surface area contributed by atoms with Crippen molar-refractivity contribution in [1.29, 1.82) is 21.6 Å². The molecule has 0 rings (SSSR count). The number of carbonyl (C=O) groups is 2. The van der Waals surface area contributed by atoms with E-state index in [-0.39, 0.29) is 24.5 Å². The number of hydrogen-bond acceptors (Lipinski definition) is 8. The quantitative estimate of drug-likeness (QED) is 0.158. The van der Waals surface area contributed by atoms with Crippen LogP contribution in [0.25, 0.3) is 0 Å². The molecule has 0 bridgehead atoms. The molecule has 2 atom stereocenters. The third-order valence-corrected chi connectivity index (χ3v) is 2.60. The number of amidine groups is 4. The molecule has 12 N–H and O–H groups in total. The highest BCUT2D eigenvalue weighted by Gasteiger charge is 2.29.